The number of rotatable bonds is 3. The molecule has 1 aromatic carbocycles. The summed E-state index contributed by atoms with van der Waals surface area (Å²) in [6.45, 7) is 0. The first-order valence-corrected chi connectivity index (χ1v) is 6.19. The van der Waals surface area contributed by atoms with Crippen LogP contribution in [0, 0.1) is 11.3 Å². The van der Waals surface area contributed by atoms with Gasteiger partial charge in [0.2, 0.25) is 5.91 Å². The lowest BCUT2D eigenvalue weighted by Crippen LogP contribution is -2.14. The number of nitrogens with zero attached hydrogens (tertiary/aromatic N) is 1. The summed E-state index contributed by atoms with van der Waals surface area (Å²) in [5, 5.41) is 13.9. The summed E-state index contributed by atoms with van der Waals surface area (Å²) in [5.41, 5.74) is 7.62. The van der Waals surface area contributed by atoms with Gasteiger partial charge in [0.1, 0.15) is 11.1 Å². The Kier molecular flexibility index (Phi) is 3.60. The number of carbonyl (C=O) groups is 1. The third-order valence-electron chi connectivity index (χ3n) is 2.38. The Hall–Kier alpha value is -2.32. The largest absolute Gasteiger partial charge is 0.399 e. The number of nitrogens with one attached hydrogen (secondary N) is 1. The number of thiophene rings is 1. The molecular formula is C13H11N3OS. The minimum absolute atomic E-state index is 0.140. The maximum Gasteiger partial charge on any atom is 0.229 e. The molecule has 2 aromatic rings. The Morgan fingerprint density at radius 3 is 2.72 bits per heavy atom. The molecule has 5 heteroatoms. The van der Waals surface area contributed by atoms with Crippen LogP contribution in [0.2, 0.25) is 0 Å². The van der Waals surface area contributed by atoms with Crippen molar-refractivity contribution in [2.75, 3.05) is 11.1 Å². The molecule has 0 saturated heterocycles. The smallest absolute Gasteiger partial charge is 0.229 e. The van der Waals surface area contributed by atoms with Crippen LogP contribution in [0.25, 0.3) is 0 Å². The number of benzene rings is 1. The van der Waals surface area contributed by atoms with Gasteiger partial charge in [-0.3, -0.25) is 4.79 Å². The first-order chi connectivity index (χ1) is 8.69. The first kappa shape index (κ1) is 12.1. The van der Waals surface area contributed by atoms with Crippen LogP contribution in [0.3, 0.4) is 0 Å². The van der Waals surface area contributed by atoms with Crippen LogP contribution in [-0.2, 0) is 11.2 Å². The molecule has 90 valence electrons. The molecule has 0 atom stereocenters. The summed E-state index contributed by atoms with van der Waals surface area (Å²) in [4.78, 5) is 11.8. The Morgan fingerprint density at radius 1 is 1.33 bits per heavy atom. The minimum Gasteiger partial charge on any atom is -0.399 e. The minimum atomic E-state index is -0.140. The topological polar surface area (TPSA) is 78.9 Å². The number of nitrogens with two attached hydrogens (primary N) is 1. The second-order valence-electron chi connectivity index (χ2n) is 3.74. The van der Waals surface area contributed by atoms with Crippen molar-refractivity contribution >= 4 is 27.9 Å². The molecule has 18 heavy (non-hydrogen) atoms. The van der Waals surface area contributed by atoms with Gasteiger partial charge in [-0.2, -0.15) is 5.26 Å². The molecule has 0 aliphatic carbocycles. The van der Waals surface area contributed by atoms with Crippen molar-refractivity contribution in [1.82, 2.24) is 0 Å². The fraction of sp³-hybridized carbons (Fsp3) is 0.0769. The average Bonchev–Trinajstić information content (AvgIpc) is 2.79. The van der Waals surface area contributed by atoms with Crippen LogP contribution in [0.1, 0.15) is 11.1 Å². The van der Waals surface area contributed by atoms with Gasteiger partial charge in [0.15, 0.2) is 0 Å². The molecule has 3 N–H and O–H groups in total. The predicted molar refractivity (Wildman–Crippen MR) is 72.2 cm³/mol. The summed E-state index contributed by atoms with van der Waals surface area (Å²) >= 11 is 1.34. The third-order valence-corrected chi connectivity index (χ3v) is 3.21. The molecule has 0 aliphatic heterocycles. The number of carbonyl (C=O) groups excluding carboxylic acids is 1. The zero-order valence-corrected chi connectivity index (χ0v) is 10.3. The van der Waals surface area contributed by atoms with Crippen molar-refractivity contribution < 1.29 is 4.79 Å². The highest BCUT2D eigenvalue weighted by Gasteiger charge is 2.08. The fourth-order valence-corrected chi connectivity index (χ4v) is 2.24. The van der Waals surface area contributed by atoms with Crippen molar-refractivity contribution in [1.29, 1.82) is 5.26 Å². The van der Waals surface area contributed by atoms with Crippen molar-refractivity contribution in [3.05, 3.63) is 46.8 Å². The second-order valence-corrected chi connectivity index (χ2v) is 4.66. The molecule has 4 nitrogen and oxygen atoms in total. The molecule has 0 unspecified atom stereocenters. The molecule has 0 aliphatic rings. The van der Waals surface area contributed by atoms with Gasteiger partial charge in [0.25, 0.3) is 0 Å². The van der Waals surface area contributed by atoms with Gasteiger partial charge in [-0.05, 0) is 29.1 Å². The Morgan fingerprint density at radius 2 is 2.06 bits per heavy atom. The number of hydrogen-bond donors (Lipinski definition) is 2. The number of amides is 1. The fourth-order valence-electron chi connectivity index (χ4n) is 1.49. The quantitative estimate of drug-likeness (QED) is 0.828. The molecule has 1 heterocycles. The maximum atomic E-state index is 11.8. The van der Waals surface area contributed by atoms with E-state index in [1.165, 1.54) is 11.3 Å². The molecule has 0 bridgehead atoms. The lowest BCUT2D eigenvalue weighted by atomic mass is 10.1. The van der Waals surface area contributed by atoms with Gasteiger partial charge in [-0.1, -0.05) is 12.1 Å². The van der Waals surface area contributed by atoms with E-state index in [-0.39, 0.29) is 12.3 Å². The average molecular weight is 257 g/mol. The van der Waals surface area contributed by atoms with E-state index < -0.39 is 0 Å². The zero-order chi connectivity index (χ0) is 13.0. The summed E-state index contributed by atoms with van der Waals surface area (Å²) in [6, 6.07) is 10.9. The Balaban J connectivity index is 2.01. The zero-order valence-electron chi connectivity index (χ0n) is 9.51. The monoisotopic (exact) mass is 257 g/mol. The lowest BCUT2D eigenvalue weighted by molar-refractivity contribution is -0.115. The summed E-state index contributed by atoms with van der Waals surface area (Å²) in [5.74, 6) is -0.140. The van der Waals surface area contributed by atoms with Gasteiger partial charge >= 0.3 is 0 Å². The van der Waals surface area contributed by atoms with E-state index in [4.69, 9.17) is 11.0 Å². The van der Waals surface area contributed by atoms with Gasteiger partial charge < -0.3 is 11.1 Å². The van der Waals surface area contributed by atoms with E-state index in [1.54, 1.807) is 23.6 Å². The van der Waals surface area contributed by atoms with Crippen molar-refractivity contribution in [3.63, 3.8) is 0 Å². The molecule has 0 saturated carbocycles. The highest BCUT2D eigenvalue weighted by molar-refractivity contribution is 7.14. The predicted octanol–water partition coefficient (Wildman–Crippen LogP) is 2.38. The van der Waals surface area contributed by atoms with E-state index >= 15 is 0 Å². The van der Waals surface area contributed by atoms with Crippen molar-refractivity contribution in [2.45, 2.75) is 6.42 Å². The lowest BCUT2D eigenvalue weighted by Gasteiger charge is -2.03. The molecule has 0 fully saturated rings. The number of nitriles is 1. The Bertz CT molecular complexity index is 595. The van der Waals surface area contributed by atoms with E-state index in [2.05, 4.69) is 5.32 Å². The van der Waals surface area contributed by atoms with E-state index in [1.807, 2.05) is 18.2 Å². The van der Waals surface area contributed by atoms with Gasteiger partial charge in [0, 0.05) is 5.69 Å². The second kappa shape index (κ2) is 5.34. The molecule has 1 amide bonds. The number of hydrogen-bond acceptors (Lipinski definition) is 4. The Labute approximate surface area is 109 Å². The van der Waals surface area contributed by atoms with Gasteiger partial charge in [0.05, 0.1) is 12.0 Å². The van der Waals surface area contributed by atoms with Gasteiger partial charge in [-0.25, -0.2) is 0 Å². The van der Waals surface area contributed by atoms with Crippen molar-refractivity contribution in [2.24, 2.45) is 0 Å². The SMILES string of the molecule is N#Cc1ccsc1NC(=O)Cc1ccc(N)cc1. The first-order valence-electron chi connectivity index (χ1n) is 5.31. The van der Waals surface area contributed by atoms with Crippen LogP contribution in [0.4, 0.5) is 10.7 Å². The highest BCUT2D eigenvalue weighted by atomic mass is 32.1. The van der Waals surface area contributed by atoms with Crippen LogP contribution < -0.4 is 11.1 Å². The number of anilines is 2. The van der Waals surface area contributed by atoms with Crippen LogP contribution >= 0.6 is 11.3 Å². The third kappa shape index (κ3) is 2.87. The van der Waals surface area contributed by atoms with E-state index in [9.17, 15) is 4.79 Å². The molecule has 2 rings (SSSR count). The van der Waals surface area contributed by atoms with Crippen LogP contribution in [0.15, 0.2) is 35.7 Å². The standard InChI is InChI=1S/C13H11N3OS/c14-8-10-5-6-18-13(10)16-12(17)7-9-1-3-11(15)4-2-9/h1-6H,7,15H2,(H,16,17). The van der Waals surface area contributed by atoms with E-state index in [0.29, 0.717) is 16.3 Å². The number of nitrogen functional groups attached to an aromatic ring is 1. The van der Waals surface area contributed by atoms with Gasteiger partial charge in [-0.15, -0.1) is 11.3 Å². The summed E-state index contributed by atoms with van der Waals surface area (Å²) in [7, 11) is 0. The molecule has 1 aromatic heterocycles. The highest BCUT2D eigenvalue weighted by Crippen LogP contribution is 2.22. The maximum absolute atomic E-state index is 11.8. The molecule has 0 radical (unpaired) electrons. The normalized spacial score (nSPS) is 9.72. The summed E-state index contributed by atoms with van der Waals surface area (Å²) in [6.07, 6.45) is 0.267. The van der Waals surface area contributed by atoms with Crippen molar-refractivity contribution in [3.8, 4) is 6.07 Å². The molecule has 0 spiro atoms. The molecular weight excluding hydrogens is 246 g/mol. The summed E-state index contributed by atoms with van der Waals surface area (Å²) < 4.78 is 0. The van der Waals surface area contributed by atoms with E-state index in [0.717, 1.165) is 5.56 Å². The van der Waals surface area contributed by atoms with Crippen LogP contribution in [0.5, 0.6) is 0 Å². The van der Waals surface area contributed by atoms with Crippen LogP contribution in [-0.4, -0.2) is 5.91 Å².